The molecule has 0 saturated carbocycles. The molecule has 4 aromatic rings. The quantitative estimate of drug-likeness (QED) is 0.430. The van der Waals surface area contributed by atoms with Gasteiger partial charge in [-0.05, 0) is 36.4 Å². The summed E-state index contributed by atoms with van der Waals surface area (Å²) in [6.45, 7) is 0. The highest BCUT2D eigenvalue weighted by Crippen LogP contribution is 2.24. The van der Waals surface area contributed by atoms with Crippen molar-refractivity contribution in [3.05, 3.63) is 77.5 Å². The van der Waals surface area contributed by atoms with Crippen LogP contribution in [-0.2, 0) is 11.5 Å². The summed E-state index contributed by atoms with van der Waals surface area (Å²) >= 11 is 7.50. The highest BCUT2D eigenvalue weighted by molar-refractivity contribution is 7.97. The van der Waals surface area contributed by atoms with E-state index in [1.165, 1.54) is 0 Å². The van der Waals surface area contributed by atoms with Crippen molar-refractivity contribution in [2.75, 3.05) is 11.1 Å². The van der Waals surface area contributed by atoms with Gasteiger partial charge in [0.2, 0.25) is 17.8 Å². The number of hydrogen-bond donors (Lipinski definition) is 2. The van der Waals surface area contributed by atoms with Crippen LogP contribution in [0.5, 0.6) is 0 Å². The van der Waals surface area contributed by atoms with Gasteiger partial charge in [0.05, 0.1) is 17.7 Å². The third-order valence-electron chi connectivity index (χ3n) is 3.87. The lowest BCUT2D eigenvalue weighted by atomic mass is 10.2. The van der Waals surface area contributed by atoms with E-state index in [-0.39, 0.29) is 5.95 Å². The first-order valence-electron chi connectivity index (χ1n) is 8.76. The Kier molecular flexibility index (Phi) is 5.92. The van der Waals surface area contributed by atoms with Gasteiger partial charge in [-0.15, -0.1) is 11.8 Å². The molecule has 0 unspecified atom stereocenters. The Morgan fingerprint density at radius 2 is 1.76 bits per heavy atom. The average molecular weight is 425 g/mol. The summed E-state index contributed by atoms with van der Waals surface area (Å²) in [6.07, 6.45) is 1.71. The highest BCUT2D eigenvalue weighted by atomic mass is 35.5. The number of halogens is 1. The normalized spacial score (nSPS) is 10.8. The Morgan fingerprint density at radius 3 is 2.55 bits per heavy atom. The van der Waals surface area contributed by atoms with E-state index < -0.39 is 0 Å². The standard InChI is InChI=1S/C20H17ClN6OS/c21-14-8-6-13(7-9-14)16-10-23-18(28-16)12-29-11-17-25-19(22)27-20(26-17)24-15-4-2-1-3-5-15/h1-10H,11-12H2,(H3,22,24,25,26,27). The third kappa shape index (κ3) is 5.24. The number of nitrogen functional groups attached to an aromatic ring is 1. The van der Waals surface area contributed by atoms with Crippen LogP contribution in [0, 0.1) is 0 Å². The fourth-order valence-electron chi connectivity index (χ4n) is 2.56. The topological polar surface area (TPSA) is 103 Å². The molecule has 0 saturated heterocycles. The van der Waals surface area contributed by atoms with E-state index in [2.05, 4.69) is 25.3 Å². The third-order valence-corrected chi connectivity index (χ3v) is 5.03. The molecular formula is C20H17ClN6OS. The van der Waals surface area contributed by atoms with Gasteiger partial charge in [0.1, 0.15) is 5.82 Å². The number of oxazole rings is 1. The first kappa shape index (κ1) is 19.2. The molecule has 4 rings (SSSR count). The van der Waals surface area contributed by atoms with Crippen LogP contribution in [0.15, 0.2) is 65.2 Å². The van der Waals surface area contributed by atoms with Crippen LogP contribution >= 0.6 is 23.4 Å². The number of thioether (sulfide) groups is 1. The van der Waals surface area contributed by atoms with Crippen molar-refractivity contribution in [3.8, 4) is 11.3 Å². The molecule has 0 fully saturated rings. The maximum Gasteiger partial charge on any atom is 0.232 e. The van der Waals surface area contributed by atoms with Crippen LogP contribution in [-0.4, -0.2) is 19.9 Å². The first-order chi connectivity index (χ1) is 14.2. The van der Waals surface area contributed by atoms with Gasteiger partial charge in [-0.2, -0.15) is 15.0 Å². The van der Waals surface area contributed by atoms with Gasteiger partial charge in [-0.25, -0.2) is 4.98 Å². The Labute approximate surface area is 176 Å². The summed E-state index contributed by atoms with van der Waals surface area (Å²) in [6, 6.07) is 17.1. The average Bonchev–Trinajstić information content (AvgIpc) is 3.18. The summed E-state index contributed by atoms with van der Waals surface area (Å²) in [5, 5.41) is 3.81. The van der Waals surface area contributed by atoms with Crippen LogP contribution in [0.3, 0.4) is 0 Å². The molecule has 0 bridgehead atoms. The fraction of sp³-hybridized carbons (Fsp3) is 0.100. The van der Waals surface area contributed by atoms with Gasteiger partial charge in [-0.1, -0.05) is 29.8 Å². The zero-order valence-electron chi connectivity index (χ0n) is 15.2. The molecule has 3 N–H and O–H groups in total. The second-order valence-corrected chi connectivity index (χ2v) is 7.46. The first-order valence-corrected chi connectivity index (χ1v) is 10.3. The van der Waals surface area contributed by atoms with E-state index in [1.807, 2.05) is 54.6 Å². The lowest BCUT2D eigenvalue weighted by Crippen LogP contribution is -2.06. The van der Waals surface area contributed by atoms with Crippen LogP contribution in [0.1, 0.15) is 11.7 Å². The molecule has 2 aromatic carbocycles. The maximum atomic E-state index is 5.92. The molecular weight excluding hydrogens is 408 g/mol. The number of hydrogen-bond acceptors (Lipinski definition) is 8. The molecule has 2 aromatic heterocycles. The van der Waals surface area contributed by atoms with Gasteiger partial charge in [-0.3, -0.25) is 0 Å². The van der Waals surface area contributed by atoms with Crippen LogP contribution in [0.25, 0.3) is 11.3 Å². The number of nitrogens with zero attached hydrogens (tertiary/aromatic N) is 4. The minimum atomic E-state index is 0.176. The molecule has 0 radical (unpaired) electrons. The van der Waals surface area contributed by atoms with Crippen LogP contribution in [0.2, 0.25) is 5.02 Å². The lowest BCUT2D eigenvalue weighted by molar-refractivity contribution is 0.530. The van der Waals surface area contributed by atoms with E-state index in [0.717, 1.165) is 11.3 Å². The van der Waals surface area contributed by atoms with Crippen LogP contribution < -0.4 is 11.1 Å². The number of nitrogens with two attached hydrogens (primary N) is 1. The minimum Gasteiger partial charge on any atom is -0.440 e. The number of benzene rings is 2. The Balaban J connectivity index is 1.36. The van der Waals surface area contributed by atoms with Crippen molar-refractivity contribution in [2.45, 2.75) is 11.5 Å². The molecule has 0 amide bonds. The van der Waals surface area contributed by atoms with Crippen molar-refractivity contribution < 1.29 is 4.42 Å². The van der Waals surface area contributed by atoms with Gasteiger partial charge >= 0.3 is 0 Å². The van der Waals surface area contributed by atoms with Crippen molar-refractivity contribution >= 4 is 40.9 Å². The minimum absolute atomic E-state index is 0.176. The predicted molar refractivity (Wildman–Crippen MR) is 116 cm³/mol. The summed E-state index contributed by atoms with van der Waals surface area (Å²) in [5.74, 6) is 3.65. The van der Waals surface area contributed by atoms with Gasteiger partial charge in [0.15, 0.2) is 5.76 Å². The predicted octanol–water partition coefficient (Wildman–Crippen LogP) is 4.94. The van der Waals surface area contributed by atoms with Crippen LogP contribution in [0.4, 0.5) is 17.6 Å². The van der Waals surface area contributed by atoms with E-state index in [1.54, 1.807) is 18.0 Å². The number of rotatable bonds is 7. The molecule has 146 valence electrons. The number of nitrogens with one attached hydrogen (secondary N) is 1. The van der Waals surface area contributed by atoms with Crippen molar-refractivity contribution in [1.82, 2.24) is 19.9 Å². The Bertz CT molecular complexity index is 1090. The zero-order valence-corrected chi connectivity index (χ0v) is 16.8. The van der Waals surface area contributed by atoms with Crippen molar-refractivity contribution in [2.24, 2.45) is 0 Å². The maximum absolute atomic E-state index is 5.92. The molecule has 0 aliphatic heterocycles. The summed E-state index contributed by atoms with van der Waals surface area (Å²) in [7, 11) is 0. The number of para-hydroxylation sites is 1. The molecule has 7 nitrogen and oxygen atoms in total. The largest absolute Gasteiger partial charge is 0.440 e. The monoisotopic (exact) mass is 424 g/mol. The molecule has 0 spiro atoms. The summed E-state index contributed by atoms with van der Waals surface area (Å²) < 4.78 is 5.81. The number of anilines is 3. The smallest absolute Gasteiger partial charge is 0.232 e. The molecule has 0 aliphatic carbocycles. The SMILES string of the molecule is Nc1nc(CSCc2ncc(-c3ccc(Cl)cc3)o2)nc(Nc2ccccc2)n1. The highest BCUT2D eigenvalue weighted by Gasteiger charge is 2.09. The van der Waals surface area contributed by atoms with E-state index >= 15 is 0 Å². The Morgan fingerprint density at radius 1 is 0.966 bits per heavy atom. The van der Waals surface area contributed by atoms with Gasteiger partial charge in [0.25, 0.3) is 0 Å². The molecule has 2 heterocycles. The molecule has 29 heavy (non-hydrogen) atoms. The van der Waals surface area contributed by atoms with Gasteiger partial charge in [0, 0.05) is 16.3 Å². The lowest BCUT2D eigenvalue weighted by Gasteiger charge is -2.07. The molecule has 9 heteroatoms. The summed E-state index contributed by atoms with van der Waals surface area (Å²) in [5.41, 5.74) is 7.63. The van der Waals surface area contributed by atoms with E-state index in [4.69, 9.17) is 21.8 Å². The molecule has 0 atom stereocenters. The Hall–Kier alpha value is -3.10. The summed E-state index contributed by atoms with van der Waals surface area (Å²) in [4.78, 5) is 17.1. The second-order valence-electron chi connectivity index (χ2n) is 6.04. The van der Waals surface area contributed by atoms with Crippen molar-refractivity contribution in [3.63, 3.8) is 0 Å². The second kappa shape index (κ2) is 8.93. The zero-order chi connectivity index (χ0) is 20.1. The van der Waals surface area contributed by atoms with Gasteiger partial charge < -0.3 is 15.5 Å². The number of aromatic nitrogens is 4. The van der Waals surface area contributed by atoms with E-state index in [0.29, 0.717) is 40.0 Å². The fourth-order valence-corrected chi connectivity index (χ4v) is 3.41. The van der Waals surface area contributed by atoms with Crippen molar-refractivity contribution in [1.29, 1.82) is 0 Å². The molecule has 0 aliphatic rings. The van der Waals surface area contributed by atoms with E-state index in [9.17, 15) is 0 Å².